The second-order valence-corrected chi connectivity index (χ2v) is 8.88. The van der Waals surface area contributed by atoms with Crippen LogP contribution in [0, 0.1) is 0 Å². The van der Waals surface area contributed by atoms with E-state index in [0.29, 0.717) is 10.6 Å². The summed E-state index contributed by atoms with van der Waals surface area (Å²) in [5.41, 5.74) is 3.07. The van der Waals surface area contributed by atoms with Crippen LogP contribution in [0.4, 0.5) is 11.4 Å². The van der Waals surface area contributed by atoms with Gasteiger partial charge in [0.25, 0.3) is 5.91 Å². The number of fused-ring (bicyclic) bond motifs is 1. The van der Waals surface area contributed by atoms with Gasteiger partial charge in [0.05, 0.1) is 13.2 Å². The van der Waals surface area contributed by atoms with Gasteiger partial charge in [0.15, 0.2) is 6.61 Å². The Balaban J connectivity index is 1.27. The Bertz CT molecular complexity index is 846. The first-order valence-electron chi connectivity index (χ1n) is 10.7. The lowest BCUT2D eigenvalue weighted by Crippen LogP contribution is -2.36. The van der Waals surface area contributed by atoms with Crippen LogP contribution in [-0.2, 0) is 27.1 Å². The lowest BCUT2D eigenvalue weighted by molar-refractivity contribution is -0.119. The number of nitrogens with one attached hydrogen (secondary N) is 1. The maximum Gasteiger partial charge on any atom is 0.348 e. The van der Waals surface area contributed by atoms with Gasteiger partial charge in [-0.15, -0.1) is 11.3 Å². The fourth-order valence-electron chi connectivity index (χ4n) is 3.92. The number of ether oxygens (including phenoxy) is 2. The number of aryl methyl sites for hydroxylation is 2. The van der Waals surface area contributed by atoms with E-state index in [2.05, 4.69) is 10.2 Å². The van der Waals surface area contributed by atoms with Crippen molar-refractivity contribution in [2.75, 3.05) is 43.1 Å². The predicted octanol–water partition coefficient (Wildman–Crippen LogP) is 4.04. The third-order valence-corrected chi connectivity index (χ3v) is 6.78. The Morgan fingerprint density at radius 2 is 1.77 bits per heavy atom. The molecule has 1 N–H and O–H groups in total. The van der Waals surface area contributed by atoms with Crippen molar-refractivity contribution < 1.29 is 19.1 Å². The van der Waals surface area contributed by atoms with Gasteiger partial charge in [0, 0.05) is 29.3 Å². The van der Waals surface area contributed by atoms with Gasteiger partial charge in [-0.25, -0.2) is 4.79 Å². The van der Waals surface area contributed by atoms with Gasteiger partial charge in [0.2, 0.25) is 0 Å². The number of hydrogen-bond donors (Lipinski definition) is 1. The van der Waals surface area contributed by atoms with E-state index in [1.807, 2.05) is 30.3 Å². The van der Waals surface area contributed by atoms with E-state index in [0.717, 1.165) is 44.8 Å². The summed E-state index contributed by atoms with van der Waals surface area (Å²) >= 11 is 1.52. The number of carbonyl (C=O) groups excluding carboxylic acids is 2. The van der Waals surface area contributed by atoms with Crippen molar-refractivity contribution in [1.29, 1.82) is 0 Å². The molecule has 2 aliphatic rings. The van der Waals surface area contributed by atoms with Crippen molar-refractivity contribution in [3.63, 3.8) is 0 Å². The maximum atomic E-state index is 12.4. The highest BCUT2D eigenvalue weighted by Gasteiger charge is 2.18. The molecule has 1 amide bonds. The summed E-state index contributed by atoms with van der Waals surface area (Å²) in [5.74, 6) is -0.748. The summed E-state index contributed by atoms with van der Waals surface area (Å²) in [6, 6.07) is 9.64. The van der Waals surface area contributed by atoms with Crippen molar-refractivity contribution in [2.45, 2.75) is 38.5 Å². The van der Waals surface area contributed by atoms with E-state index in [1.54, 1.807) is 0 Å². The van der Waals surface area contributed by atoms with Gasteiger partial charge in [-0.2, -0.15) is 0 Å². The Labute approximate surface area is 181 Å². The van der Waals surface area contributed by atoms with E-state index in [9.17, 15) is 9.59 Å². The molecule has 1 aliphatic heterocycles. The van der Waals surface area contributed by atoms with E-state index < -0.39 is 5.97 Å². The highest BCUT2D eigenvalue weighted by Crippen LogP contribution is 2.29. The van der Waals surface area contributed by atoms with Gasteiger partial charge >= 0.3 is 5.97 Å². The summed E-state index contributed by atoms with van der Waals surface area (Å²) < 4.78 is 10.6. The zero-order valence-corrected chi connectivity index (χ0v) is 18.0. The molecule has 7 heteroatoms. The van der Waals surface area contributed by atoms with Crippen molar-refractivity contribution >= 4 is 34.6 Å². The predicted molar refractivity (Wildman–Crippen MR) is 119 cm³/mol. The van der Waals surface area contributed by atoms with Gasteiger partial charge < -0.3 is 19.7 Å². The molecule has 0 atom stereocenters. The Morgan fingerprint density at radius 3 is 2.53 bits per heavy atom. The molecular weight excluding hydrogens is 400 g/mol. The number of thiophene rings is 1. The van der Waals surface area contributed by atoms with Crippen LogP contribution in [0.15, 0.2) is 30.3 Å². The molecule has 30 heavy (non-hydrogen) atoms. The monoisotopic (exact) mass is 428 g/mol. The average Bonchev–Trinajstić information content (AvgIpc) is 3.15. The highest BCUT2D eigenvalue weighted by molar-refractivity contribution is 7.14. The van der Waals surface area contributed by atoms with Gasteiger partial charge in [0.1, 0.15) is 4.88 Å². The largest absolute Gasteiger partial charge is 0.451 e. The minimum absolute atomic E-state index is 0.285. The van der Waals surface area contributed by atoms with Crippen molar-refractivity contribution in [3.8, 4) is 0 Å². The van der Waals surface area contributed by atoms with Crippen LogP contribution < -0.4 is 10.2 Å². The number of rotatable bonds is 5. The van der Waals surface area contributed by atoms with E-state index in [4.69, 9.17) is 9.47 Å². The minimum Gasteiger partial charge on any atom is -0.451 e. The Morgan fingerprint density at radius 1 is 1.03 bits per heavy atom. The molecule has 1 aromatic carbocycles. The first kappa shape index (κ1) is 20.9. The van der Waals surface area contributed by atoms with Crippen LogP contribution in [0.2, 0.25) is 0 Å². The average molecular weight is 429 g/mol. The summed E-state index contributed by atoms with van der Waals surface area (Å²) in [6.45, 7) is 2.92. The molecule has 1 fully saturated rings. The SMILES string of the molecule is O=C(COC(=O)c1cc2c(s1)CCCCCC2)Nc1ccc(N2CCOCC2)cc1. The summed E-state index contributed by atoms with van der Waals surface area (Å²) in [7, 11) is 0. The Kier molecular flexibility index (Phi) is 7.02. The van der Waals surface area contributed by atoms with Crippen molar-refractivity contribution in [1.82, 2.24) is 0 Å². The molecule has 0 radical (unpaired) electrons. The number of benzene rings is 1. The van der Waals surface area contributed by atoms with Crippen LogP contribution in [0.25, 0.3) is 0 Å². The van der Waals surface area contributed by atoms with E-state index >= 15 is 0 Å². The lowest BCUT2D eigenvalue weighted by Gasteiger charge is -2.28. The number of esters is 1. The molecule has 0 spiro atoms. The second-order valence-electron chi connectivity index (χ2n) is 7.74. The number of anilines is 2. The van der Waals surface area contributed by atoms with Crippen LogP contribution in [0.5, 0.6) is 0 Å². The number of hydrogen-bond acceptors (Lipinski definition) is 6. The fourth-order valence-corrected chi connectivity index (χ4v) is 5.07. The number of morpholine rings is 1. The zero-order chi connectivity index (χ0) is 20.8. The van der Waals surface area contributed by atoms with E-state index in [-0.39, 0.29) is 12.5 Å². The summed E-state index contributed by atoms with van der Waals surface area (Å²) in [5, 5.41) is 2.79. The molecule has 1 saturated heterocycles. The molecule has 2 aromatic rings. The first-order valence-corrected chi connectivity index (χ1v) is 11.5. The molecular formula is C23H28N2O4S. The van der Waals surface area contributed by atoms with Crippen LogP contribution >= 0.6 is 11.3 Å². The van der Waals surface area contributed by atoms with Gasteiger partial charge in [-0.3, -0.25) is 4.79 Å². The topological polar surface area (TPSA) is 67.9 Å². The second kappa shape index (κ2) is 10.1. The third kappa shape index (κ3) is 5.40. The van der Waals surface area contributed by atoms with E-state index in [1.165, 1.54) is 47.5 Å². The van der Waals surface area contributed by atoms with Crippen LogP contribution in [0.1, 0.15) is 45.8 Å². The number of amides is 1. The zero-order valence-electron chi connectivity index (χ0n) is 17.2. The fraction of sp³-hybridized carbons (Fsp3) is 0.478. The number of nitrogens with zero attached hydrogens (tertiary/aromatic N) is 1. The standard InChI is InChI=1S/C23H28N2O4S/c26-22(24-18-7-9-19(10-8-18)25-11-13-28-14-12-25)16-29-23(27)21-15-17-5-3-1-2-4-6-20(17)30-21/h7-10,15H,1-6,11-14,16H2,(H,24,26). The first-order chi connectivity index (χ1) is 14.7. The smallest absolute Gasteiger partial charge is 0.348 e. The Hall–Kier alpha value is -2.38. The third-order valence-electron chi connectivity index (χ3n) is 5.56. The molecule has 0 unspecified atom stereocenters. The normalized spacial score (nSPS) is 16.9. The molecule has 0 saturated carbocycles. The van der Waals surface area contributed by atoms with Crippen molar-refractivity contribution in [3.05, 3.63) is 45.6 Å². The highest BCUT2D eigenvalue weighted by atomic mass is 32.1. The molecule has 0 bridgehead atoms. The molecule has 160 valence electrons. The molecule has 1 aliphatic carbocycles. The van der Waals surface area contributed by atoms with Gasteiger partial charge in [-0.1, -0.05) is 12.8 Å². The maximum absolute atomic E-state index is 12.4. The van der Waals surface area contributed by atoms with Crippen LogP contribution in [0.3, 0.4) is 0 Å². The molecule has 4 rings (SSSR count). The van der Waals surface area contributed by atoms with Gasteiger partial charge in [-0.05, 0) is 61.6 Å². The lowest BCUT2D eigenvalue weighted by atomic mass is 10.00. The summed E-state index contributed by atoms with van der Waals surface area (Å²) in [6.07, 6.45) is 6.92. The quantitative estimate of drug-likeness (QED) is 0.728. The molecule has 2 heterocycles. The molecule has 1 aromatic heterocycles. The summed E-state index contributed by atoms with van der Waals surface area (Å²) in [4.78, 5) is 28.8. The molecule has 6 nitrogen and oxygen atoms in total. The van der Waals surface area contributed by atoms with Crippen molar-refractivity contribution in [2.24, 2.45) is 0 Å². The van der Waals surface area contributed by atoms with Crippen LogP contribution in [-0.4, -0.2) is 44.8 Å². The number of carbonyl (C=O) groups is 2. The minimum atomic E-state index is -0.412.